The second-order valence-electron chi connectivity index (χ2n) is 17.0. The summed E-state index contributed by atoms with van der Waals surface area (Å²) in [4.78, 5) is 23.1. The fourth-order valence-corrected chi connectivity index (χ4v) is 11.5. The summed E-state index contributed by atoms with van der Waals surface area (Å²) in [5, 5.41) is 4.53. The highest BCUT2D eigenvalue weighted by atomic mass is 32.1. The zero-order valence-electron chi connectivity index (χ0n) is 36.5. The van der Waals surface area contributed by atoms with Crippen molar-refractivity contribution >= 4 is 63.3 Å². The molecule has 0 amide bonds. The summed E-state index contributed by atoms with van der Waals surface area (Å²) >= 11 is 3.44. The van der Waals surface area contributed by atoms with Crippen LogP contribution in [0.4, 0.5) is 0 Å². The van der Waals surface area contributed by atoms with E-state index in [9.17, 15) is 0 Å². The molecule has 0 atom stereocenters. The Morgan fingerprint density at radius 3 is 1.09 bits per heavy atom. The number of aromatic nitrogens is 4. The molecular weight excluding hydrogens is 865 g/mol. The molecule has 4 heterocycles. The smallest absolute Gasteiger partial charge is 0.161 e. The van der Waals surface area contributed by atoms with Crippen LogP contribution in [0.15, 0.2) is 231 Å². The Morgan fingerprint density at radius 2 is 0.574 bits per heavy atom. The Balaban J connectivity index is 0.870. The molecule has 0 aliphatic rings. The first kappa shape index (κ1) is 39.9. The molecule has 0 fully saturated rings. The summed E-state index contributed by atoms with van der Waals surface area (Å²) in [6, 6.07) is 81.6. The number of hydrogen-bond acceptors (Lipinski definition) is 6. The lowest BCUT2D eigenvalue weighted by atomic mass is 9.96. The van der Waals surface area contributed by atoms with E-state index in [4.69, 9.17) is 19.9 Å². The van der Waals surface area contributed by atoms with Crippen LogP contribution in [0.1, 0.15) is 0 Å². The summed E-state index contributed by atoms with van der Waals surface area (Å²) < 4.78 is 2.40. The summed E-state index contributed by atoms with van der Waals surface area (Å²) in [5.74, 6) is 1.43. The second kappa shape index (κ2) is 16.8. The van der Waals surface area contributed by atoms with Gasteiger partial charge in [-0.2, -0.15) is 0 Å². The van der Waals surface area contributed by atoms with E-state index in [0.29, 0.717) is 5.82 Å². The maximum Gasteiger partial charge on any atom is 0.161 e. The first-order valence-corrected chi connectivity index (χ1v) is 24.3. The molecule has 0 radical (unpaired) electrons. The third kappa shape index (κ3) is 7.24. The first-order chi connectivity index (χ1) is 33.7. The molecule has 13 aromatic rings. The molecule has 0 aliphatic heterocycles. The van der Waals surface area contributed by atoms with Gasteiger partial charge in [-0.3, -0.25) is 0 Å². The average molecular weight is 903 g/mol. The third-order valence-corrected chi connectivity index (χ3v) is 14.9. The van der Waals surface area contributed by atoms with Gasteiger partial charge in [0.1, 0.15) is 9.66 Å². The summed E-state index contributed by atoms with van der Waals surface area (Å²) in [6.45, 7) is 0. The third-order valence-electron chi connectivity index (χ3n) is 12.8. The lowest BCUT2D eigenvalue weighted by Crippen LogP contribution is -1.94. The van der Waals surface area contributed by atoms with Crippen LogP contribution in [0.5, 0.6) is 0 Å². The largest absolute Gasteiger partial charge is 0.227 e. The van der Waals surface area contributed by atoms with Crippen LogP contribution in [0.2, 0.25) is 0 Å². The van der Waals surface area contributed by atoms with E-state index in [1.54, 1.807) is 22.7 Å². The van der Waals surface area contributed by atoms with E-state index >= 15 is 0 Å². The molecule has 9 aromatic carbocycles. The molecule has 318 valence electrons. The van der Waals surface area contributed by atoms with Crippen LogP contribution in [0.25, 0.3) is 130 Å². The predicted octanol–water partition coefficient (Wildman–Crippen LogP) is 17.3. The number of nitrogens with zero attached hydrogens (tertiary/aromatic N) is 4. The average Bonchev–Trinajstić information content (AvgIpc) is 4.00. The quantitative estimate of drug-likeness (QED) is 0.152. The van der Waals surface area contributed by atoms with E-state index in [2.05, 4.69) is 224 Å². The monoisotopic (exact) mass is 902 g/mol. The van der Waals surface area contributed by atoms with Gasteiger partial charge in [-0.25, -0.2) is 19.9 Å². The molecule has 0 saturated carbocycles. The molecular formula is C62H38N4S2. The molecule has 68 heavy (non-hydrogen) atoms. The van der Waals surface area contributed by atoms with Gasteiger partial charge in [-0.05, 0) is 74.8 Å². The minimum Gasteiger partial charge on any atom is -0.227 e. The number of fused-ring (bicyclic) bond motifs is 6. The normalized spacial score (nSPS) is 11.5. The molecule has 0 saturated heterocycles. The molecule has 0 bridgehead atoms. The molecule has 0 spiro atoms. The van der Waals surface area contributed by atoms with Crippen LogP contribution in [-0.2, 0) is 0 Å². The van der Waals surface area contributed by atoms with Crippen LogP contribution in [0, 0.1) is 0 Å². The minimum atomic E-state index is 0.709. The van der Waals surface area contributed by atoms with E-state index in [0.717, 1.165) is 87.7 Å². The van der Waals surface area contributed by atoms with Crippen molar-refractivity contribution in [3.05, 3.63) is 231 Å². The highest BCUT2D eigenvalue weighted by Gasteiger charge is 2.20. The Bertz CT molecular complexity index is 4010. The zero-order valence-corrected chi connectivity index (χ0v) is 38.2. The fraction of sp³-hybridized carbons (Fsp3) is 0. The highest BCUT2D eigenvalue weighted by Crippen LogP contribution is 2.42. The standard InChI is InChI=1S/C62H38N4S2/c1-3-14-39(15-4-1)41-28-32-43(33-29-41)57-55-51-24-7-9-26-53(51)67-61(55)66-60(63-57)50-23-13-21-48(38-50)46-19-11-18-45(36-46)47-20-12-22-49(37-47)58-56-52-25-8-10-27-54(52)68-62(56)65-59(64-58)44-34-30-42(31-35-44)40-16-5-2-6-17-40/h1-38H. The van der Waals surface area contributed by atoms with Crippen LogP contribution in [0.3, 0.4) is 0 Å². The van der Waals surface area contributed by atoms with Gasteiger partial charge in [0.2, 0.25) is 0 Å². The van der Waals surface area contributed by atoms with Crippen LogP contribution in [-0.4, -0.2) is 19.9 Å². The van der Waals surface area contributed by atoms with Crippen molar-refractivity contribution < 1.29 is 0 Å². The Kier molecular flexibility index (Phi) is 9.85. The number of rotatable bonds is 8. The van der Waals surface area contributed by atoms with Crippen molar-refractivity contribution in [2.24, 2.45) is 0 Å². The van der Waals surface area contributed by atoms with E-state index in [1.165, 1.54) is 36.9 Å². The maximum atomic E-state index is 5.37. The lowest BCUT2D eigenvalue weighted by Gasteiger charge is -2.12. The molecule has 4 nitrogen and oxygen atoms in total. The molecule has 6 heteroatoms. The topological polar surface area (TPSA) is 51.6 Å². The van der Waals surface area contributed by atoms with Gasteiger partial charge in [0, 0.05) is 53.2 Å². The minimum absolute atomic E-state index is 0.709. The number of thiophene rings is 2. The van der Waals surface area contributed by atoms with Crippen molar-refractivity contribution in [1.82, 2.24) is 19.9 Å². The number of hydrogen-bond donors (Lipinski definition) is 0. The molecule has 4 aromatic heterocycles. The first-order valence-electron chi connectivity index (χ1n) is 22.7. The summed E-state index contributed by atoms with van der Waals surface area (Å²) in [5.41, 5.74) is 15.1. The highest BCUT2D eigenvalue weighted by molar-refractivity contribution is 7.26. The van der Waals surface area contributed by atoms with Gasteiger partial charge in [-0.15, -0.1) is 22.7 Å². The van der Waals surface area contributed by atoms with Crippen molar-refractivity contribution in [3.8, 4) is 89.8 Å². The van der Waals surface area contributed by atoms with Gasteiger partial charge < -0.3 is 0 Å². The predicted molar refractivity (Wildman–Crippen MR) is 287 cm³/mol. The lowest BCUT2D eigenvalue weighted by molar-refractivity contribution is 1.24. The summed E-state index contributed by atoms with van der Waals surface area (Å²) in [6.07, 6.45) is 0. The fourth-order valence-electron chi connectivity index (χ4n) is 9.38. The van der Waals surface area contributed by atoms with Gasteiger partial charge in [0.15, 0.2) is 11.6 Å². The second-order valence-corrected chi connectivity index (χ2v) is 19.0. The summed E-state index contributed by atoms with van der Waals surface area (Å²) in [7, 11) is 0. The van der Waals surface area contributed by atoms with Gasteiger partial charge in [-0.1, -0.05) is 200 Å². The Morgan fingerprint density at radius 1 is 0.235 bits per heavy atom. The van der Waals surface area contributed by atoms with Gasteiger partial charge >= 0.3 is 0 Å². The van der Waals surface area contributed by atoms with Crippen molar-refractivity contribution in [3.63, 3.8) is 0 Å². The van der Waals surface area contributed by atoms with Crippen LogP contribution >= 0.6 is 22.7 Å². The van der Waals surface area contributed by atoms with E-state index in [-0.39, 0.29) is 0 Å². The maximum absolute atomic E-state index is 5.37. The van der Waals surface area contributed by atoms with E-state index < -0.39 is 0 Å². The van der Waals surface area contributed by atoms with Gasteiger partial charge in [0.05, 0.1) is 11.4 Å². The Labute approximate surface area is 401 Å². The molecule has 0 unspecified atom stereocenters. The van der Waals surface area contributed by atoms with Crippen molar-refractivity contribution in [2.45, 2.75) is 0 Å². The number of benzene rings is 9. The van der Waals surface area contributed by atoms with Gasteiger partial charge in [0.25, 0.3) is 0 Å². The molecule has 0 N–H and O–H groups in total. The molecule has 0 aliphatic carbocycles. The van der Waals surface area contributed by atoms with E-state index in [1.807, 2.05) is 6.07 Å². The van der Waals surface area contributed by atoms with Crippen LogP contribution < -0.4 is 0 Å². The molecule has 13 rings (SSSR count). The van der Waals surface area contributed by atoms with Crippen molar-refractivity contribution in [2.75, 3.05) is 0 Å². The Hall–Kier alpha value is -8.42. The zero-order chi connectivity index (χ0) is 45.0. The SMILES string of the molecule is c1ccc(-c2ccc(-c3nc(-c4cccc(-c5cccc(-c6cccc(-c7nc(-c8ccc(-c9ccccc9)cc8)c8c(n7)sc7ccccc78)c6)c5)c4)c4c(n3)sc3ccccc34)cc2)cc1. The van der Waals surface area contributed by atoms with Crippen molar-refractivity contribution in [1.29, 1.82) is 0 Å².